The van der Waals surface area contributed by atoms with Gasteiger partial charge in [-0.25, -0.2) is 4.79 Å². The Hall–Kier alpha value is -2.43. The van der Waals surface area contributed by atoms with Crippen LogP contribution in [0.15, 0.2) is 60.2 Å². The van der Waals surface area contributed by atoms with E-state index in [4.69, 9.17) is 14.9 Å². The summed E-state index contributed by atoms with van der Waals surface area (Å²) in [6, 6.07) is 16.1. The zero-order valence-corrected chi connectivity index (χ0v) is 16.9. The lowest BCUT2D eigenvalue weighted by Gasteiger charge is -2.31. The molecule has 0 atom stereocenters. The molecule has 2 aromatic rings. The van der Waals surface area contributed by atoms with Crippen LogP contribution >= 0.6 is 0 Å². The first-order valence-electron chi connectivity index (χ1n) is 9.65. The number of benzene rings is 2. The minimum Gasteiger partial charge on any atom is -0.461 e. The molecule has 0 aliphatic heterocycles. The van der Waals surface area contributed by atoms with Gasteiger partial charge in [-0.05, 0) is 55.9 Å². The van der Waals surface area contributed by atoms with Crippen molar-refractivity contribution in [1.29, 1.82) is 0 Å². The molecule has 2 N–H and O–H groups in total. The predicted octanol–water partition coefficient (Wildman–Crippen LogP) is 3.57. The predicted molar refractivity (Wildman–Crippen MR) is 111 cm³/mol. The highest BCUT2D eigenvalue weighted by atomic mass is 16.5. The molecule has 0 aromatic heterocycles. The second-order valence-electron chi connectivity index (χ2n) is 7.22. The number of hydrogen-bond donors (Lipinski definition) is 2. The van der Waals surface area contributed by atoms with Crippen molar-refractivity contribution in [2.24, 2.45) is 0 Å². The van der Waals surface area contributed by atoms with Gasteiger partial charge in [0.15, 0.2) is 0 Å². The smallest absolute Gasteiger partial charge is 0.333 e. The second kappa shape index (κ2) is 10.2. The average molecular weight is 383 g/mol. The Balaban J connectivity index is 2.37. The molecule has 0 bridgehead atoms. The molecule has 4 nitrogen and oxygen atoms in total. The van der Waals surface area contributed by atoms with Gasteiger partial charge < -0.3 is 14.9 Å². The van der Waals surface area contributed by atoms with Gasteiger partial charge in [0, 0.05) is 18.8 Å². The van der Waals surface area contributed by atoms with E-state index in [1.54, 1.807) is 13.0 Å². The molecule has 2 rings (SSSR count). The number of carbonyl (C=O) groups excluding carboxylic acids is 1. The van der Waals surface area contributed by atoms with Crippen molar-refractivity contribution in [2.45, 2.75) is 39.0 Å². The van der Waals surface area contributed by atoms with Crippen molar-refractivity contribution >= 4 is 5.97 Å². The van der Waals surface area contributed by atoms with Crippen molar-refractivity contribution in [3.05, 3.63) is 82.4 Å². The van der Waals surface area contributed by atoms with E-state index in [1.165, 1.54) is 0 Å². The Bertz CT molecular complexity index is 739. The Kier molecular flexibility index (Phi) is 7.97. The van der Waals surface area contributed by atoms with Crippen molar-refractivity contribution in [3.63, 3.8) is 0 Å². The maximum atomic E-state index is 12.2. The maximum Gasteiger partial charge on any atom is 0.333 e. The van der Waals surface area contributed by atoms with Gasteiger partial charge in [-0.2, -0.15) is 0 Å². The van der Waals surface area contributed by atoms with Crippen LogP contribution in [0.3, 0.4) is 0 Å². The summed E-state index contributed by atoms with van der Waals surface area (Å²) >= 11 is 0. The third kappa shape index (κ3) is 5.31. The van der Waals surface area contributed by atoms with Crippen molar-refractivity contribution in [1.82, 2.24) is 0 Å². The number of carbonyl (C=O) groups is 1. The summed E-state index contributed by atoms with van der Waals surface area (Å²) in [5, 5.41) is 18.3. The van der Waals surface area contributed by atoms with Gasteiger partial charge in [-0.1, -0.05) is 54.6 Å². The molecule has 0 aliphatic rings. The first kappa shape index (κ1) is 21.9. The normalized spacial score (nSPS) is 12.1. The second-order valence-corrected chi connectivity index (χ2v) is 7.22. The average Bonchev–Trinajstić information content (AvgIpc) is 2.72. The van der Waals surface area contributed by atoms with Gasteiger partial charge in [0.2, 0.25) is 0 Å². The Morgan fingerprint density at radius 3 is 1.71 bits per heavy atom. The molecule has 0 aliphatic carbocycles. The summed E-state index contributed by atoms with van der Waals surface area (Å²) in [7, 11) is 0. The monoisotopic (exact) mass is 382 g/mol. The number of allylic oxidation sites excluding steroid dienone is 1. The van der Waals surface area contributed by atoms with Crippen LogP contribution in [-0.4, -0.2) is 36.0 Å². The maximum absolute atomic E-state index is 12.2. The van der Waals surface area contributed by atoms with Crippen LogP contribution in [0.4, 0.5) is 0 Å². The molecule has 0 saturated carbocycles. The first-order valence-corrected chi connectivity index (χ1v) is 9.65. The minimum atomic E-state index is -0.515. The fourth-order valence-corrected chi connectivity index (χ4v) is 3.11. The minimum absolute atomic E-state index is 0.114. The third-order valence-electron chi connectivity index (χ3n) is 5.23. The molecule has 0 spiro atoms. The van der Waals surface area contributed by atoms with E-state index in [0.717, 1.165) is 22.3 Å². The molecular weight excluding hydrogens is 352 g/mol. The van der Waals surface area contributed by atoms with E-state index >= 15 is 0 Å². The Labute approximate surface area is 167 Å². The van der Waals surface area contributed by atoms with Crippen LogP contribution in [0.1, 0.15) is 43.0 Å². The molecule has 0 saturated heterocycles. The number of aliphatic hydroxyl groups excluding tert-OH is 2. The summed E-state index contributed by atoms with van der Waals surface area (Å²) in [4.78, 5) is 12.2. The first-order chi connectivity index (χ1) is 13.4. The zero-order chi connectivity index (χ0) is 20.6. The Morgan fingerprint density at radius 2 is 1.36 bits per heavy atom. The van der Waals surface area contributed by atoms with Crippen LogP contribution in [0.2, 0.25) is 0 Å². The van der Waals surface area contributed by atoms with E-state index in [2.05, 4.69) is 6.92 Å². The number of ether oxygens (including phenoxy) is 1. The lowest BCUT2D eigenvalue weighted by Crippen LogP contribution is -2.31. The van der Waals surface area contributed by atoms with Gasteiger partial charge in [-0.3, -0.25) is 0 Å². The van der Waals surface area contributed by atoms with Gasteiger partial charge in [-0.15, -0.1) is 0 Å². The van der Waals surface area contributed by atoms with Crippen molar-refractivity contribution < 1.29 is 19.7 Å². The number of hydrogen-bond acceptors (Lipinski definition) is 4. The topological polar surface area (TPSA) is 66.8 Å². The number of aliphatic hydroxyl groups is 2. The fourth-order valence-electron chi connectivity index (χ4n) is 3.11. The number of esters is 1. The summed E-state index contributed by atoms with van der Waals surface area (Å²) in [6.45, 7) is 6.07. The third-order valence-corrected chi connectivity index (χ3v) is 5.23. The molecule has 0 unspecified atom stereocenters. The Morgan fingerprint density at radius 1 is 0.929 bits per heavy atom. The van der Waals surface area contributed by atoms with Crippen LogP contribution in [0.25, 0.3) is 0 Å². The molecule has 28 heavy (non-hydrogen) atoms. The van der Waals surface area contributed by atoms with Gasteiger partial charge in [0.25, 0.3) is 0 Å². The zero-order valence-electron chi connectivity index (χ0n) is 16.9. The van der Waals surface area contributed by atoms with Gasteiger partial charge in [0.05, 0.1) is 5.41 Å². The SMILES string of the molecule is CC=C(C)C(=O)OCC(C)(c1ccc(CCO)cc1)c1ccc(CCO)cc1. The largest absolute Gasteiger partial charge is 0.461 e. The highest BCUT2D eigenvalue weighted by molar-refractivity contribution is 5.87. The lowest BCUT2D eigenvalue weighted by molar-refractivity contribution is -0.140. The summed E-state index contributed by atoms with van der Waals surface area (Å²) in [5.41, 5.74) is 4.27. The lowest BCUT2D eigenvalue weighted by atomic mass is 9.76. The molecule has 4 heteroatoms. The van der Waals surface area contributed by atoms with Crippen LogP contribution in [0.5, 0.6) is 0 Å². The molecule has 0 amide bonds. The van der Waals surface area contributed by atoms with E-state index in [0.29, 0.717) is 18.4 Å². The molecule has 0 fully saturated rings. The van der Waals surface area contributed by atoms with Gasteiger partial charge in [0.1, 0.15) is 6.61 Å². The van der Waals surface area contributed by atoms with Crippen LogP contribution in [0, 0.1) is 0 Å². The fraction of sp³-hybridized carbons (Fsp3) is 0.375. The molecular formula is C24H30O4. The van der Waals surface area contributed by atoms with E-state index < -0.39 is 5.41 Å². The van der Waals surface area contributed by atoms with E-state index in [-0.39, 0.29) is 25.8 Å². The quantitative estimate of drug-likeness (QED) is 0.514. The molecule has 2 aromatic carbocycles. The molecule has 0 radical (unpaired) electrons. The van der Waals surface area contributed by atoms with Crippen LogP contribution < -0.4 is 0 Å². The standard InChI is InChI=1S/C24H30O4/c1-4-18(2)23(27)28-17-24(3,21-9-5-19(6-10-21)13-15-25)22-11-7-20(8-12-22)14-16-26/h4-12,25-26H,13-17H2,1-3H3. The summed E-state index contributed by atoms with van der Waals surface area (Å²) in [5.74, 6) is -0.317. The van der Waals surface area contributed by atoms with Crippen molar-refractivity contribution in [3.8, 4) is 0 Å². The van der Waals surface area contributed by atoms with E-state index in [1.807, 2.05) is 55.5 Å². The summed E-state index contributed by atoms with van der Waals surface area (Å²) < 4.78 is 5.64. The molecule has 150 valence electrons. The highest BCUT2D eigenvalue weighted by Gasteiger charge is 2.31. The summed E-state index contributed by atoms with van der Waals surface area (Å²) in [6.07, 6.45) is 2.97. The van der Waals surface area contributed by atoms with Crippen molar-refractivity contribution in [2.75, 3.05) is 19.8 Å². The van der Waals surface area contributed by atoms with Gasteiger partial charge >= 0.3 is 5.97 Å². The number of rotatable bonds is 9. The molecule has 0 heterocycles. The highest BCUT2D eigenvalue weighted by Crippen LogP contribution is 2.33. The van der Waals surface area contributed by atoms with E-state index in [9.17, 15) is 4.79 Å². The van der Waals surface area contributed by atoms with Crippen LogP contribution in [-0.2, 0) is 27.8 Å².